The topological polar surface area (TPSA) is 114 Å². The van der Waals surface area contributed by atoms with E-state index in [1.165, 1.54) is 6.20 Å². The summed E-state index contributed by atoms with van der Waals surface area (Å²) in [5, 5.41) is 20.6. The third-order valence-corrected chi connectivity index (χ3v) is 7.16. The number of aromatic nitrogens is 4. The number of aryl methyl sites for hydroxylation is 1. The molecule has 2 fully saturated rings. The first-order valence-corrected chi connectivity index (χ1v) is 12.4. The van der Waals surface area contributed by atoms with Crippen LogP contribution in [0.2, 0.25) is 0 Å². The lowest BCUT2D eigenvalue weighted by molar-refractivity contribution is -0.0411. The molecule has 1 saturated heterocycles. The quantitative estimate of drug-likeness (QED) is 0.310. The van der Waals surface area contributed by atoms with Gasteiger partial charge in [-0.05, 0) is 67.8 Å². The molecular weight excluding hydrogens is 475 g/mol. The van der Waals surface area contributed by atoms with Crippen LogP contribution in [0, 0.1) is 12.7 Å². The monoisotopic (exact) mass is 502 g/mol. The number of hydrogen-bond donors (Lipinski definition) is 3. The Balaban J connectivity index is 1.30. The molecule has 190 valence electrons. The van der Waals surface area contributed by atoms with Crippen LogP contribution in [0.15, 0.2) is 49.1 Å². The minimum Gasteiger partial charge on any atom is -0.465 e. The van der Waals surface area contributed by atoms with Crippen LogP contribution in [-0.4, -0.2) is 43.6 Å². The smallest absolute Gasteiger partial charge is 0.409 e. The Hall–Kier alpha value is -4.05. The van der Waals surface area contributed by atoms with E-state index in [0.717, 1.165) is 43.5 Å². The van der Waals surface area contributed by atoms with E-state index in [0.29, 0.717) is 22.2 Å². The van der Waals surface area contributed by atoms with Crippen LogP contribution in [0.3, 0.4) is 0 Å². The van der Waals surface area contributed by atoms with Gasteiger partial charge < -0.3 is 15.2 Å². The summed E-state index contributed by atoms with van der Waals surface area (Å²) in [6.45, 7) is 2.62. The fourth-order valence-electron chi connectivity index (χ4n) is 5.17. The number of hydrogen-bond acceptors (Lipinski definition) is 6. The number of halogens is 1. The van der Waals surface area contributed by atoms with Crippen molar-refractivity contribution >= 4 is 28.4 Å². The highest BCUT2D eigenvalue weighted by atomic mass is 19.1. The van der Waals surface area contributed by atoms with Gasteiger partial charge in [0.1, 0.15) is 12.0 Å². The SMILES string of the molecule is Cc1ccncc1-c1cc2cc(NC3CC3c3ccnn3C3CCCCO3)ncc2c(NC(=O)O)c1F. The number of anilines is 2. The second-order valence-electron chi connectivity index (χ2n) is 9.64. The lowest BCUT2D eigenvalue weighted by atomic mass is 9.98. The van der Waals surface area contributed by atoms with Crippen molar-refractivity contribution in [3.8, 4) is 11.1 Å². The lowest BCUT2D eigenvalue weighted by Crippen LogP contribution is -2.21. The maximum absolute atomic E-state index is 15.5. The van der Waals surface area contributed by atoms with Gasteiger partial charge in [-0.25, -0.2) is 18.9 Å². The largest absolute Gasteiger partial charge is 0.465 e. The summed E-state index contributed by atoms with van der Waals surface area (Å²) in [6, 6.07) is 7.57. The van der Waals surface area contributed by atoms with Gasteiger partial charge in [-0.3, -0.25) is 10.3 Å². The van der Waals surface area contributed by atoms with Gasteiger partial charge in [0.05, 0.1) is 5.69 Å². The van der Waals surface area contributed by atoms with Gasteiger partial charge in [-0.2, -0.15) is 5.10 Å². The number of nitrogens with one attached hydrogen (secondary N) is 2. The van der Waals surface area contributed by atoms with E-state index in [1.807, 2.05) is 29.9 Å². The average molecular weight is 503 g/mol. The molecule has 0 spiro atoms. The standard InChI is InChI=1S/C27H27FN6O3/c1-15-5-7-29-13-19(15)17-10-16-11-23(30-14-20(16)26(25(17)28)33-27(35)36)32-21-12-18(21)22-6-8-31-34(22)24-4-2-3-9-37-24/h5-8,10-11,13-14,18,21,24,33H,2-4,9,12H2,1H3,(H,30,32)(H,35,36). The molecular formula is C27H27FN6O3. The van der Waals surface area contributed by atoms with E-state index in [9.17, 15) is 9.90 Å². The number of fused-ring (bicyclic) bond motifs is 1. The van der Waals surface area contributed by atoms with Gasteiger partial charge in [0, 0.05) is 65.6 Å². The van der Waals surface area contributed by atoms with Gasteiger partial charge in [-0.15, -0.1) is 0 Å². The molecule has 1 amide bonds. The number of carbonyl (C=O) groups is 1. The first-order chi connectivity index (χ1) is 18.0. The molecule has 4 heterocycles. The number of benzene rings is 1. The van der Waals surface area contributed by atoms with E-state index in [4.69, 9.17) is 4.74 Å². The summed E-state index contributed by atoms with van der Waals surface area (Å²) in [6.07, 6.45) is 9.32. The Morgan fingerprint density at radius 2 is 2.08 bits per heavy atom. The average Bonchev–Trinajstić information content (AvgIpc) is 3.47. The van der Waals surface area contributed by atoms with E-state index >= 15 is 4.39 Å². The van der Waals surface area contributed by atoms with E-state index in [2.05, 4.69) is 25.7 Å². The molecule has 1 aromatic carbocycles. The highest BCUT2D eigenvalue weighted by Gasteiger charge is 2.42. The number of pyridine rings is 2. The third-order valence-electron chi connectivity index (χ3n) is 7.16. The number of ether oxygens (including phenoxy) is 1. The normalized spacial score (nSPS) is 21.1. The molecule has 6 rings (SSSR count). The van der Waals surface area contributed by atoms with Crippen molar-refractivity contribution in [3.63, 3.8) is 0 Å². The summed E-state index contributed by atoms with van der Waals surface area (Å²) < 4.78 is 23.5. The van der Waals surface area contributed by atoms with Gasteiger partial charge in [0.25, 0.3) is 0 Å². The summed E-state index contributed by atoms with van der Waals surface area (Å²) in [7, 11) is 0. The molecule has 10 heteroatoms. The molecule has 3 N–H and O–H groups in total. The fraction of sp³-hybridized carbons (Fsp3) is 0.333. The first kappa shape index (κ1) is 23.4. The molecule has 9 nitrogen and oxygen atoms in total. The van der Waals surface area contributed by atoms with Gasteiger partial charge in [0.15, 0.2) is 5.82 Å². The van der Waals surface area contributed by atoms with Crippen molar-refractivity contribution < 1.29 is 19.0 Å². The molecule has 1 aliphatic carbocycles. The van der Waals surface area contributed by atoms with Gasteiger partial charge in [0.2, 0.25) is 0 Å². The van der Waals surface area contributed by atoms with Crippen LogP contribution < -0.4 is 10.6 Å². The summed E-state index contributed by atoms with van der Waals surface area (Å²) in [5.74, 6) is 0.271. The van der Waals surface area contributed by atoms with Crippen LogP contribution in [0.5, 0.6) is 0 Å². The zero-order valence-electron chi connectivity index (χ0n) is 20.3. The van der Waals surface area contributed by atoms with Crippen molar-refractivity contribution in [3.05, 3.63) is 66.1 Å². The maximum atomic E-state index is 15.5. The lowest BCUT2D eigenvalue weighted by Gasteiger charge is -2.24. The summed E-state index contributed by atoms with van der Waals surface area (Å²) in [4.78, 5) is 20.1. The predicted octanol–water partition coefficient (Wildman–Crippen LogP) is 5.70. The number of rotatable bonds is 6. The number of amides is 1. The second kappa shape index (κ2) is 9.44. The Bertz CT molecular complexity index is 1480. The highest BCUT2D eigenvalue weighted by molar-refractivity contribution is 6.03. The minimum absolute atomic E-state index is 0.0109. The van der Waals surface area contributed by atoms with Crippen molar-refractivity contribution in [1.29, 1.82) is 0 Å². The van der Waals surface area contributed by atoms with Crippen molar-refractivity contribution in [2.75, 3.05) is 17.2 Å². The first-order valence-electron chi connectivity index (χ1n) is 12.4. The molecule has 3 unspecified atom stereocenters. The number of carboxylic acid groups (broad SMARTS) is 1. The third kappa shape index (κ3) is 4.48. The Labute approximate surface area is 212 Å². The Morgan fingerprint density at radius 3 is 2.86 bits per heavy atom. The van der Waals surface area contributed by atoms with Crippen molar-refractivity contribution in [2.45, 2.75) is 50.8 Å². The van der Waals surface area contributed by atoms with Crippen LogP contribution in [0.25, 0.3) is 21.9 Å². The molecule has 4 aromatic rings. The highest BCUT2D eigenvalue weighted by Crippen LogP contribution is 2.44. The second-order valence-corrected chi connectivity index (χ2v) is 9.64. The summed E-state index contributed by atoms with van der Waals surface area (Å²) >= 11 is 0. The molecule has 37 heavy (non-hydrogen) atoms. The van der Waals surface area contributed by atoms with Crippen LogP contribution in [0.1, 0.15) is 49.1 Å². The minimum atomic E-state index is -1.35. The predicted molar refractivity (Wildman–Crippen MR) is 137 cm³/mol. The molecule has 0 radical (unpaired) electrons. The van der Waals surface area contributed by atoms with Crippen LogP contribution in [0.4, 0.5) is 20.7 Å². The Kier molecular flexibility index (Phi) is 5.96. The van der Waals surface area contributed by atoms with E-state index in [-0.39, 0.29) is 29.4 Å². The fourth-order valence-corrected chi connectivity index (χ4v) is 5.17. The van der Waals surface area contributed by atoms with E-state index in [1.54, 1.807) is 24.5 Å². The number of nitrogens with zero attached hydrogens (tertiary/aromatic N) is 4. The molecule has 3 atom stereocenters. The zero-order valence-corrected chi connectivity index (χ0v) is 20.3. The van der Waals surface area contributed by atoms with Crippen LogP contribution >= 0.6 is 0 Å². The van der Waals surface area contributed by atoms with Gasteiger partial charge >= 0.3 is 6.09 Å². The molecule has 0 bridgehead atoms. The van der Waals surface area contributed by atoms with Crippen LogP contribution in [-0.2, 0) is 4.74 Å². The van der Waals surface area contributed by atoms with Crippen molar-refractivity contribution in [2.24, 2.45) is 0 Å². The molecule has 2 aliphatic rings. The zero-order chi connectivity index (χ0) is 25.5. The molecule has 3 aromatic heterocycles. The molecule has 1 saturated carbocycles. The maximum Gasteiger partial charge on any atom is 0.409 e. The molecule has 1 aliphatic heterocycles. The van der Waals surface area contributed by atoms with Crippen molar-refractivity contribution in [1.82, 2.24) is 19.7 Å². The Morgan fingerprint density at radius 1 is 1.19 bits per heavy atom. The van der Waals surface area contributed by atoms with E-state index < -0.39 is 11.9 Å². The summed E-state index contributed by atoms with van der Waals surface area (Å²) in [5.41, 5.74) is 2.74. The van der Waals surface area contributed by atoms with Gasteiger partial charge in [-0.1, -0.05) is 0 Å².